The van der Waals surface area contributed by atoms with Crippen LogP contribution in [0.3, 0.4) is 0 Å². The van der Waals surface area contributed by atoms with Gasteiger partial charge in [0.15, 0.2) is 21.4 Å². The van der Waals surface area contributed by atoms with Crippen molar-refractivity contribution < 1.29 is 26.7 Å². The van der Waals surface area contributed by atoms with Gasteiger partial charge in [0.05, 0.1) is 16.5 Å². The molecule has 3 aliphatic heterocycles. The normalized spacial score (nSPS) is 27.5. The van der Waals surface area contributed by atoms with E-state index in [0.29, 0.717) is 24.4 Å². The van der Waals surface area contributed by atoms with Gasteiger partial charge in [-0.1, -0.05) is 11.6 Å². The number of benzene rings is 2. The second kappa shape index (κ2) is 7.06. The van der Waals surface area contributed by atoms with Crippen LogP contribution in [-0.4, -0.2) is 44.6 Å². The highest BCUT2D eigenvalue weighted by atomic mass is 35.5. The van der Waals surface area contributed by atoms with E-state index in [-0.39, 0.29) is 29.5 Å². The summed E-state index contributed by atoms with van der Waals surface area (Å²) in [4.78, 5) is 14.2. The summed E-state index contributed by atoms with van der Waals surface area (Å²) in [5.74, 6) is -2.13. The highest BCUT2D eigenvalue weighted by Crippen LogP contribution is 2.55. The summed E-state index contributed by atoms with van der Waals surface area (Å²) < 4.78 is 61.8. The molecule has 2 fully saturated rings. The lowest BCUT2D eigenvalue weighted by molar-refractivity contribution is 0.0210. The number of carbonyl (C=O) groups is 1. The van der Waals surface area contributed by atoms with Crippen molar-refractivity contribution in [2.75, 3.05) is 13.2 Å². The summed E-state index contributed by atoms with van der Waals surface area (Å²) in [6.07, 6.45) is 1.01. The molecule has 3 heterocycles. The lowest BCUT2D eigenvalue weighted by Crippen LogP contribution is -2.70. The van der Waals surface area contributed by atoms with Gasteiger partial charge < -0.3 is 15.0 Å². The van der Waals surface area contributed by atoms with E-state index in [1.54, 1.807) is 0 Å². The first kappa shape index (κ1) is 20.5. The standard InChI is InChI=1S/C21H19ClF2N2O4S/c22-12-1-3-14(4-2-12)31(28,29)21-9-7-13-8-10-25-20(27)26(13)17(21)11-30-19-16(24)6-5-15(23)18(19)21/h1-6,13,17H,7-11H2,(H,25,27)/t13-,17+,21?/m1/s1. The Morgan fingerprint density at radius 3 is 2.55 bits per heavy atom. The summed E-state index contributed by atoms with van der Waals surface area (Å²) in [6, 6.07) is 5.72. The van der Waals surface area contributed by atoms with Crippen molar-refractivity contribution >= 4 is 27.5 Å². The Morgan fingerprint density at radius 2 is 1.81 bits per heavy atom. The van der Waals surface area contributed by atoms with Crippen molar-refractivity contribution in [1.29, 1.82) is 0 Å². The Hall–Kier alpha value is -2.39. The topological polar surface area (TPSA) is 75.7 Å². The Balaban J connectivity index is 1.80. The number of hydrogen-bond donors (Lipinski definition) is 1. The van der Waals surface area contributed by atoms with E-state index in [4.69, 9.17) is 16.3 Å². The number of carbonyl (C=O) groups excluding carboxylic acids is 1. The maximum Gasteiger partial charge on any atom is 0.318 e. The molecule has 1 unspecified atom stereocenters. The van der Waals surface area contributed by atoms with Gasteiger partial charge in [-0.25, -0.2) is 22.0 Å². The van der Waals surface area contributed by atoms with E-state index in [1.165, 1.54) is 29.2 Å². The minimum atomic E-state index is -4.29. The molecule has 0 radical (unpaired) electrons. The number of nitrogens with zero attached hydrogens (tertiary/aromatic N) is 1. The first-order valence-corrected chi connectivity index (χ1v) is 11.8. The Kier molecular flexibility index (Phi) is 4.67. The maximum atomic E-state index is 15.2. The van der Waals surface area contributed by atoms with Gasteiger partial charge in [-0.2, -0.15) is 0 Å². The van der Waals surface area contributed by atoms with Gasteiger partial charge in [-0.05, 0) is 55.7 Å². The molecule has 2 amide bonds. The van der Waals surface area contributed by atoms with Gasteiger partial charge in [-0.3, -0.25) is 0 Å². The summed E-state index contributed by atoms with van der Waals surface area (Å²) in [5.41, 5.74) is -0.351. The molecular formula is C21H19ClF2N2O4S. The lowest BCUT2D eigenvalue weighted by atomic mass is 9.77. The number of urea groups is 1. The fourth-order valence-electron chi connectivity index (χ4n) is 5.20. The average molecular weight is 469 g/mol. The number of ether oxygens (including phenoxy) is 1. The molecule has 2 aromatic carbocycles. The van der Waals surface area contributed by atoms with Crippen molar-refractivity contribution in [2.45, 2.75) is 41.0 Å². The number of sulfone groups is 1. The fourth-order valence-corrected chi connectivity index (χ4v) is 7.63. The minimum absolute atomic E-state index is 0.0355. The number of hydrogen-bond acceptors (Lipinski definition) is 4. The molecule has 1 N–H and O–H groups in total. The van der Waals surface area contributed by atoms with Crippen LogP contribution in [0, 0.1) is 11.6 Å². The molecule has 0 aliphatic carbocycles. The molecule has 0 bridgehead atoms. The number of rotatable bonds is 2. The molecule has 31 heavy (non-hydrogen) atoms. The molecule has 0 aromatic heterocycles. The smallest absolute Gasteiger partial charge is 0.318 e. The molecule has 10 heteroatoms. The molecule has 3 aliphatic rings. The largest absolute Gasteiger partial charge is 0.488 e. The Morgan fingerprint density at radius 1 is 1.10 bits per heavy atom. The number of nitrogens with one attached hydrogen (secondary N) is 1. The lowest BCUT2D eigenvalue weighted by Gasteiger charge is -2.55. The maximum absolute atomic E-state index is 15.2. The summed E-state index contributed by atoms with van der Waals surface area (Å²) in [6.45, 7) is 0.216. The Bertz CT molecular complexity index is 1170. The van der Waals surface area contributed by atoms with Crippen LogP contribution in [0.5, 0.6) is 5.75 Å². The van der Waals surface area contributed by atoms with Crippen LogP contribution >= 0.6 is 11.6 Å². The molecule has 3 atom stereocenters. The van der Waals surface area contributed by atoms with E-state index >= 15 is 4.39 Å². The molecular weight excluding hydrogens is 450 g/mol. The predicted octanol–water partition coefficient (Wildman–Crippen LogP) is 3.63. The van der Waals surface area contributed by atoms with E-state index in [1.807, 2.05) is 0 Å². The van der Waals surface area contributed by atoms with Crippen molar-refractivity contribution in [3.63, 3.8) is 0 Å². The molecule has 5 rings (SSSR count). The van der Waals surface area contributed by atoms with Crippen molar-refractivity contribution in [3.05, 3.63) is 58.6 Å². The second-order valence-corrected chi connectivity index (χ2v) is 10.7. The van der Waals surface area contributed by atoms with E-state index in [2.05, 4.69) is 5.32 Å². The SMILES string of the molecule is O=C1NCC[C@H]2CCC3(S(=O)(=O)c4ccc(Cl)cc4)c4c(F)ccc(F)c4OC[C@@H]3N12. The monoisotopic (exact) mass is 468 g/mol. The molecule has 2 saturated heterocycles. The quantitative estimate of drug-likeness (QED) is 0.730. The third kappa shape index (κ3) is 2.79. The van der Waals surface area contributed by atoms with Gasteiger partial charge in [-0.15, -0.1) is 0 Å². The third-order valence-corrected chi connectivity index (χ3v) is 9.36. The first-order chi connectivity index (χ1) is 14.8. The van der Waals surface area contributed by atoms with Crippen LogP contribution in [0.25, 0.3) is 0 Å². The number of piperidine rings is 1. The van der Waals surface area contributed by atoms with Crippen LogP contribution < -0.4 is 10.1 Å². The molecule has 2 aromatic rings. The number of fused-ring (bicyclic) bond motifs is 5. The number of halogens is 3. The van der Waals surface area contributed by atoms with Crippen molar-refractivity contribution in [2.24, 2.45) is 0 Å². The van der Waals surface area contributed by atoms with Crippen LogP contribution in [0.4, 0.5) is 13.6 Å². The molecule has 164 valence electrons. The first-order valence-electron chi connectivity index (χ1n) is 9.95. The Labute approximate surface area is 183 Å². The van der Waals surface area contributed by atoms with Gasteiger partial charge in [0, 0.05) is 17.6 Å². The zero-order valence-corrected chi connectivity index (χ0v) is 17.8. The van der Waals surface area contributed by atoms with E-state index in [0.717, 1.165) is 12.1 Å². The van der Waals surface area contributed by atoms with Gasteiger partial charge in [0.25, 0.3) is 0 Å². The highest BCUT2D eigenvalue weighted by molar-refractivity contribution is 7.92. The van der Waals surface area contributed by atoms with Crippen LogP contribution in [-0.2, 0) is 14.6 Å². The third-order valence-electron chi connectivity index (χ3n) is 6.58. The summed E-state index contributed by atoms with van der Waals surface area (Å²) in [5, 5.41) is 3.08. The molecule has 0 saturated carbocycles. The average Bonchev–Trinajstić information content (AvgIpc) is 2.75. The molecule has 6 nitrogen and oxygen atoms in total. The minimum Gasteiger partial charge on any atom is -0.488 e. The van der Waals surface area contributed by atoms with Crippen molar-refractivity contribution in [3.8, 4) is 5.75 Å². The number of amides is 2. The van der Waals surface area contributed by atoms with Crippen LogP contribution in [0.2, 0.25) is 5.02 Å². The fraction of sp³-hybridized carbons (Fsp3) is 0.381. The van der Waals surface area contributed by atoms with Crippen molar-refractivity contribution in [1.82, 2.24) is 10.2 Å². The van der Waals surface area contributed by atoms with E-state index < -0.39 is 44.0 Å². The summed E-state index contributed by atoms with van der Waals surface area (Å²) in [7, 11) is -4.29. The second-order valence-electron chi connectivity index (χ2n) is 8.03. The predicted molar refractivity (Wildman–Crippen MR) is 109 cm³/mol. The van der Waals surface area contributed by atoms with Gasteiger partial charge >= 0.3 is 6.03 Å². The van der Waals surface area contributed by atoms with Crippen LogP contribution in [0.15, 0.2) is 41.3 Å². The zero-order valence-electron chi connectivity index (χ0n) is 16.3. The van der Waals surface area contributed by atoms with E-state index in [9.17, 15) is 17.6 Å². The molecule has 0 spiro atoms. The van der Waals surface area contributed by atoms with Crippen LogP contribution in [0.1, 0.15) is 24.8 Å². The zero-order chi connectivity index (χ0) is 22.0. The highest BCUT2D eigenvalue weighted by Gasteiger charge is 2.63. The van der Waals surface area contributed by atoms with Gasteiger partial charge in [0.1, 0.15) is 17.2 Å². The van der Waals surface area contributed by atoms with Gasteiger partial charge in [0.2, 0.25) is 0 Å². The summed E-state index contributed by atoms with van der Waals surface area (Å²) >= 11 is 5.93.